The van der Waals surface area contributed by atoms with E-state index in [4.69, 9.17) is 0 Å². The van der Waals surface area contributed by atoms with Gasteiger partial charge in [0, 0.05) is 25.4 Å². The van der Waals surface area contributed by atoms with E-state index in [-0.39, 0.29) is 61.4 Å². The lowest BCUT2D eigenvalue weighted by atomic mass is 9.87. The predicted molar refractivity (Wildman–Crippen MR) is 140 cm³/mol. The second-order valence-corrected chi connectivity index (χ2v) is 10.2. The quantitative estimate of drug-likeness (QED) is 0.320. The van der Waals surface area contributed by atoms with E-state index in [9.17, 15) is 36.3 Å². The van der Waals surface area contributed by atoms with Gasteiger partial charge in [-0.15, -0.1) is 5.10 Å². The van der Waals surface area contributed by atoms with Crippen molar-refractivity contribution in [2.45, 2.75) is 76.9 Å². The zero-order valence-corrected chi connectivity index (χ0v) is 22.5. The van der Waals surface area contributed by atoms with Crippen molar-refractivity contribution in [1.82, 2.24) is 29.9 Å². The molecule has 10 nitrogen and oxygen atoms in total. The maximum atomic E-state index is 14.6. The van der Waals surface area contributed by atoms with Crippen LogP contribution in [0.3, 0.4) is 0 Å². The summed E-state index contributed by atoms with van der Waals surface area (Å²) >= 11 is 0. The fourth-order valence-electron chi connectivity index (χ4n) is 4.75. The SMILES string of the molecule is O=C(CC1CCCCC1)Nc1ccn(CCC(F)Cn2cc(C(=O)NCc3cc(C(F)(F)F)ccn3)nn2)c(=O)c1F. The van der Waals surface area contributed by atoms with Gasteiger partial charge in [0.2, 0.25) is 11.7 Å². The minimum atomic E-state index is -4.55. The zero-order valence-electron chi connectivity index (χ0n) is 22.5. The first kappa shape index (κ1) is 30.8. The number of anilines is 1. The van der Waals surface area contributed by atoms with Crippen molar-refractivity contribution in [3.05, 3.63) is 69.9 Å². The molecule has 0 aromatic carbocycles. The average molecular weight is 596 g/mol. The van der Waals surface area contributed by atoms with Crippen molar-refractivity contribution in [1.29, 1.82) is 0 Å². The van der Waals surface area contributed by atoms with Gasteiger partial charge in [-0.05, 0) is 43.4 Å². The van der Waals surface area contributed by atoms with Crippen LogP contribution in [0, 0.1) is 11.7 Å². The van der Waals surface area contributed by atoms with Gasteiger partial charge in [0.15, 0.2) is 5.69 Å². The van der Waals surface area contributed by atoms with Crippen molar-refractivity contribution in [2.75, 3.05) is 5.32 Å². The number of halogens is 5. The van der Waals surface area contributed by atoms with E-state index in [1.54, 1.807) is 0 Å². The molecule has 1 saturated carbocycles. The molecule has 2 amide bonds. The van der Waals surface area contributed by atoms with Crippen molar-refractivity contribution in [2.24, 2.45) is 5.92 Å². The third kappa shape index (κ3) is 8.42. The summed E-state index contributed by atoms with van der Waals surface area (Å²) in [6.45, 7) is -0.767. The van der Waals surface area contributed by atoms with Crippen molar-refractivity contribution < 1.29 is 31.5 Å². The number of hydrogen-bond acceptors (Lipinski definition) is 6. The summed E-state index contributed by atoms with van der Waals surface area (Å²) in [5.74, 6) is -1.98. The van der Waals surface area contributed by atoms with Crippen LogP contribution in [-0.2, 0) is 30.6 Å². The summed E-state index contributed by atoms with van der Waals surface area (Å²) in [4.78, 5) is 40.8. The second kappa shape index (κ2) is 13.7. The number of hydrogen-bond donors (Lipinski definition) is 2. The van der Waals surface area contributed by atoms with Crippen LogP contribution in [-0.4, -0.2) is 42.5 Å². The number of aromatic nitrogens is 5. The van der Waals surface area contributed by atoms with E-state index in [1.165, 1.54) is 12.3 Å². The highest BCUT2D eigenvalue weighted by Gasteiger charge is 2.30. The van der Waals surface area contributed by atoms with E-state index >= 15 is 0 Å². The van der Waals surface area contributed by atoms with Crippen LogP contribution in [0.2, 0.25) is 0 Å². The van der Waals surface area contributed by atoms with Gasteiger partial charge in [0.25, 0.3) is 11.5 Å². The van der Waals surface area contributed by atoms with Crippen molar-refractivity contribution >= 4 is 17.5 Å². The van der Waals surface area contributed by atoms with Crippen LogP contribution < -0.4 is 16.2 Å². The molecule has 1 fully saturated rings. The maximum absolute atomic E-state index is 14.6. The molecule has 2 N–H and O–H groups in total. The van der Waals surface area contributed by atoms with Crippen LogP contribution >= 0.6 is 0 Å². The minimum absolute atomic E-state index is 0.0177. The molecule has 1 atom stereocenters. The Morgan fingerprint density at radius 2 is 1.90 bits per heavy atom. The van der Waals surface area contributed by atoms with Crippen molar-refractivity contribution in [3.8, 4) is 0 Å². The number of alkyl halides is 4. The first-order valence-electron chi connectivity index (χ1n) is 13.5. The molecule has 0 aliphatic heterocycles. The van der Waals surface area contributed by atoms with Gasteiger partial charge in [-0.1, -0.05) is 24.5 Å². The Morgan fingerprint density at radius 1 is 1.14 bits per heavy atom. The van der Waals surface area contributed by atoms with Crippen LogP contribution in [0.25, 0.3) is 0 Å². The summed E-state index contributed by atoms with van der Waals surface area (Å²) in [7, 11) is 0. The third-order valence-electron chi connectivity index (χ3n) is 6.99. The molecule has 0 spiro atoms. The Kier molecular flexibility index (Phi) is 10.0. The molecule has 0 saturated heterocycles. The number of nitrogens with one attached hydrogen (secondary N) is 2. The number of carbonyl (C=O) groups is 2. The molecule has 1 aliphatic carbocycles. The number of rotatable bonds is 11. The number of aryl methyl sites for hydroxylation is 1. The number of amides is 2. The van der Waals surface area contributed by atoms with Crippen LogP contribution in [0.15, 0.2) is 41.6 Å². The molecule has 3 heterocycles. The van der Waals surface area contributed by atoms with E-state index in [0.29, 0.717) is 0 Å². The molecule has 0 radical (unpaired) electrons. The van der Waals surface area contributed by atoms with Gasteiger partial charge in [0.05, 0.1) is 36.2 Å². The highest BCUT2D eigenvalue weighted by Crippen LogP contribution is 2.29. The summed E-state index contributed by atoms with van der Waals surface area (Å²) < 4.78 is 69.9. The van der Waals surface area contributed by atoms with Crippen LogP contribution in [0.4, 0.5) is 27.6 Å². The van der Waals surface area contributed by atoms with E-state index in [0.717, 1.165) is 65.9 Å². The lowest BCUT2D eigenvalue weighted by Gasteiger charge is -2.20. The number of nitrogens with zero attached hydrogens (tertiary/aromatic N) is 5. The number of carbonyl (C=O) groups excluding carboxylic acids is 2. The molecule has 226 valence electrons. The molecule has 4 rings (SSSR count). The molecule has 3 aromatic heterocycles. The fraction of sp³-hybridized carbons (Fsp3) is 0.481. The molecule has 42 heavy (non-hydrogen) atoms. The predicted octanol–water partition coefficient (Wildman–Crippen LogP) is 4.26. The lowest BCUT2D eigenvalue weighted by Crippen LogP contribution is -2.27. The van der Waals surface area contributed by atoms with Gasteiger partial charge < -0.3 is 15.2 Å². The standard InChI is InChI=1S/C27H30F5N7O3/c28-19(7-10-38-11-8-21(24(29)26(38)42)35-23(40)12-17-4-2-1-3-5-17)15-39-16-22(36-37-39)25(41)34-14-20-13-18(6-9-33-20)27(30,31)32/h6,8-9,11,13,16-17,19H,1-5,7,10,12,14-15H2,(H,34,41)(H,35,40). The van der Waals surface area contributed by atoms with E-state index in [1.807, 2.05) is 0 Å². The average Bonchev–Trinajstić information content (AvgIpc) is 3.42. The third-order valence-corrected chi connectivity index (χ3v) is 6.99. The first-order valence-corrected chi connectivity index (χ1v) is 13.5. The Labute approximate surface area is 237 Å². The van der Waals surface area contributed by atoms with Gasteiger partial charge >= 0.3 is 6.18 Å². The first-order chi connectivity index (χ1) is 20.0. The molecule has 1 unspecified atom stereocenters. The largest absolute Gasteiger partial charge is 0.416 e. The lowest BCUT2D eigenvalue weighted by molar-refractivity contribution is -0.137. The van der Waals surface area contributed by atoms with Crippen LogP contribution in [0.5, 0.6) is 0 Å². The molecule has 15 heteroatoms. The Bertz CT molecular complexity index is 1450. The van der Waals surface area contributed by atoms with Gasteiger partial charge in [-0.3, -0.25) is 19.4 Å². The highest BCUT2D eigenvalue weighted by atomic mass is 19.4. The van der Waals surface area contributed by atoms with Crippen LogP contribution in [0.1, 0.15) is 66.7 Å². The normalized spacial score (nSPS) is 14.9. The molecule has 1 aliphatic rings. The van der Waals surface area contributed by atoms with E-state index in [2.05, 4.69) is 25.9 Å². The monoisotopic (exact) mass is 595 g/mol. The topological polar surface area (TPSA) is 124 Å². The van der Waals surface area contributed by atoms with E-state index < -0.39 is 35.2 Å². The molecule has 3 aromatic rings. The molecule has 0 bridgehead atoms. The van der Waals surface area contributed by atoms with Crippen molar-refractivity contribution in [3.63, 3.8) is 0 Å². The minimum Gasteiger partial charge on any atom is -0.345 e. The molecular formula is C27H30F5N7O3. The second-order valence-electron chi connectivity index (χ2n) is 10.2. The summed E-state index contributed by atoms with van der Waals surface area (Å²) in [5.41, 5.74) is -2.32. The Morgan fingerprint density at radius 3 is 2.64 bits per heavy atom. The van der Waals surface area contributed by atoms with Gasteiger partial charge in [0.1, 0.15) is 6.17 Å². The number of pyridine rings is 2. The summed E-state index contributed by atoms with van der Waals surface area (Å²) in [6.07, 6.45) is 2.60. The highest BCUT2D eigenvalue weighted by molar-refractivity contribution is 5.92. The zero-order chi connectivity index (χ0) is 30.3. The van der Waals surface area contributed by atoms with Gasteiger partial charge in [-0.25, -0.2) is 9.07 Å². The van der Waals surface area contributed by atoms with Gasteiger partial charge in [-0.2, -0.15) is 17.6 Å². The maximum Gasteiger partial charge on any atom is 0.416 e. The molecular weight excluding hydrogens is 565 g/mol. The fourth-order valence-corrected chi connectivity index (χ4v) is 4.75. The summed E-state index contributed by atoms with van der Waals surface area (Å²) in [6, 6.07) is 2.88. The Hall–Kier alpha value is -4.17. The summed E-state index contributed by atoms with van der Waals surface area (Å²) in [5, 5.41) is 12.2. The Balaban J connectivity index is 1.25. The smallest absolute Gasteiger partial charge is 0.345 e.